The highest BCUT2D eigenvalue weighted by Gasteiger charge is 2.68. The molecular formula is C58H104O14Si3. The van der Waals surface area contributed by atoms with Crippen LogP contribution >= 0.6 is 0 Å². The maximum Gasteiger partial charge on any atom is 0.305 e. The first-order chi connectivity index (χ1) is 36.0. The molecule has 0 spiro atoms. The van der Waals surface area contributed by atoms with Gasteiger partial charge in [-0.1, -0.05) is 82.4 Å². The number of esters is 1. The third kappa shape index (κ3) is 13.7. The third-order valence-electron chi connectivity index (χ3n) is 20.1. The Morgan fingerprint density at radius 3 is 1.97 bits per heavy atom. The number of hydrogen-bond acceptors (Lipinski definition) is 14. The molecule has 0 radical (unpaired) electrons. The highest BCUT2D eigenvalue weighted by atomic mass is 28.4. The lowest BCUT2D eigenvalue weighted by Gasteiger charge is -2.47. The zero-order valence-corrected chi connectivity index (χ0v) is 51.7. The first-order valence-electron chi connectivity index (χ1n) is 30.2. The van der Waals surface area contributed by atoms with Crippen molar-refractivity contribution in [3.8, 4) is 0 Å². The van der Waals surface area contributed by atoms with Crippen molar-refractivity contribution < 1.29 is 65.8 Å². The van der Waals surface area contributed by atoms with Gasteiger partial charge in [0.25, 0.3) is 0 Å². The predicted molar refractivity (Wildman–Crippen MR) is 299 cm³/mol. The molecule has 8 rings (SSSR count). The second kappa shape index (κ2) is 27.3. The van der Waals surface area contributed by atoms with Crippen LogP contribution in [0, 0.1) is 11.8 Å². The molecule has 6 bridgehead atoms. The Balaban J connectivity index is 0.981. The van der Waals surface area contributed by atoms with Crippen molar-refractivity contribution in [2.24, 2.45) is 11.8 Å². The molecule has 0 amide bonds. The Kier molecular flexibility index (Phi) is 22.4. The van der Waals surface area contributed by atoms with E-state index in [9.17, 15) is 9.90 Å². The summed E-state index contributed by atoms with van der Waals surface area (Å²) in [6.07, 6.45) is 5.42. The van der Waals surface area contributed by atoms with E-state index in [-0.39, 0.29) is 122 Å². The summed E-state index contributed by atoms with van der Waals surface area (Å²) in [5.74, 6) is -1.04. The van der Waals surface area contributed by atoms with Crippen LogP contribution in [0.4, 0.5) is 0 Å². The van der Waals surface area contributed by atoms with Crippen LogP contribution in [-0.4, -0.2) is 161 Å². The summed E-state index contributed by atoms with van der Waals surface area (Å²) in [6, 6.07) is 9.46. The van der Waals surface area contributed by atoms with Crippen LogP contribution in [0.15, 0.2) is 24.3 Å². The molecular weight excluding hydrogens is 1000 g/mol. The highest BCUT2D eigenvalue weighted by Crippen LogP contribution is 2.54. The van der Waals surface area contributed by atoms with Crippen LogP contribution in [0.5, 0.6) is 0 Å². The van der Waals surface area contributed by atoms with E-state index in [1.807, 2.05) is 0 Å². The molecule has 1 N–H and O–H groups in total. The van der Waals surface area contributed by atoms with E-state index in [1.165, 1.54) is 7.11 Å². The molecule has 75 heavy (non-hydrogen) atoms. The van der Waals surface area contributed by atoms with Gasteiger partial charge >= 0.3 is 5.97 Å². The van der Waals surface area contributed by atoms with E-state index in [0.29, 0.717) is 45.1 Å². The number of carbonyl (C=O) groups is 1. The fourth-order valence-electron chi connectivity index (χ4n) is 14.4. The van der Waals surface area contributed by atoms with E-state index < -0.39 is 30.7 Å². The van der Waals surface area contributed by atoms with Gasteiger partial charge in [0.1, 0.15) is 30.5 Å². The Morgan fingerprint density at radius 1 is 0.707 bits per heavy atom. The molecule has 0 aromatic rings. The fourth-order valence-corrected chi connectivity index (χ4v) is 22.8. The highest BCUT2D eigenvalue weighted by molar-refractivity contribution is 6.74. The molecule has 14 nitrogen and oxygen atoms in total. The minimum Gasteiger partial charge on any atom is -0.469 e. The van der Waals surface area contributed by atoms with Crippen molar-refractivity contribution in [1.82, 2.24) is 0 Å². The van der Waals surface area contributed by atoms with Gasteiger partial charge in [-0.3, -0.25) is 4.79 Å². The molecule has 0 saturated carbocycles. The second-order valence-electron chi connectivity index (χ2n) is 23.8. The Hall–Kier alpha value is -0.879. The molecule has 0 aromatic carbocycles. The summed E-state index contributed by atoms with van der Waals surface area (Å²) < 4.78 is 81.8. The molecule has 1 unspecified atom stereocenters. The maximum atomic E-state index is 13.1. The molecule has 8 fully saturated rings. The summed E-state index contributed by atoms with van der Waals surface area (Å²) >= 11 is 0. The minimum atomic E-state index is -2.05. The van der Waals surface area contributed by atoms with Crippen molar-refractivity contribution in [3.63, 3.8) is 0 Å². The van der Waals surface area contributed by atoms with Crippen LogP contribution in [-0.2, 0) is 60.7 Å². The zero-order valence-electron chi connectivity index (χ0n) is 48.7. The largest absolute Gasteiger partial charge is 0.469 e. The van der Waals surface area contributed by atoms with Gasteiger partial charge in [-0.2, -0.15) is 0 Å². The summed E-state index contributed by atoms with van der Waals surface area (Å²) in [5.41, 5.74) is 2.20. The lowest BCUT2D eigenvalue weighted by molar-refractivity contribution is -0.271. The first-order valence-corrected chi connectivity index (χ1v) is 37.8. The third-order valence-corrected chi connectivity index (χ3v) is 34.1. The number of ether oxygens (including phenoxy) is 9. The van der Waals surface area contributed by atoms with Crippen molar-refractivity contribution in [3.05, 3.63) is 24.3 Å². The molecule has 8 heterocycles. The monoisotopic (exact) mass is 1110 g/mol. The minimum absolute atomic E-state index is 0.00468. The average molecular weight is 1110 g/mol. The average Bonchev–Trinajstić information content (AvgIpc) is 4.12. The molecule has 17 heteroatoms. The zero-order chi connectivity index (χ0) is 54.3. The normalized spacial score (nSPS) is 37.2. The Morgan fingerprint density at radius 2 is 1.35 bits per heavy atom. The van der Waals surface area contributed by atoms with Crippen molar-refractivity contribution >= 4 is 30.9 Å². The van der Waals surface area contributed by atoms with Crippen molar-refractivity contribution in [2.75, 3.05) is 27.4 Å². The molecule has 0 aliphatic carbocycles. The number of aliphatic hydroxyl groups excluding tert-OH is 1. The van der Waals surface area contributed by atoms with Gasteiger partial charge in [0, 0.05) is 45.3 Å². The molecule has 432 valence electrons. The van der Waals surface area contributed by atoms with Crippen LogP contribution in [0.25, 0.3) is 0 Å². The molecule has 18 atom stereocenters. The van der Waals surface area contributed by atoms with Gasteiger partial charge in [0.15, 0.2) is 30.7 Å². The quantitative estimate of drug-likeness (QED) is 0.0387. The summed E-state index contributed by atoms with van der Waals surface area (Å²) in [5, 5.41) is 9.85. The van der Waals surface area contributed by atoms with E-state index in [0.717, 1.165) is 97.6 Å². The topological polar surface area (TPSA) is 148 Å². The number of hydrogen-bond donors (Lipinski definition) is 1. The van der Waals surface area contributed by atoms with Crippen LogP contribution < -0.4 is 0 Å². The van der Waals surface area contributed by atoms with Crippen LogP contribution in [0.1, 0.15) is 146 Å². The number of rotatable bonds is 32. The number of aliphatic hydroxyl groups is 1. The second-order valence-corrected chi connectivity index (χ2v) is 38.0. The molecule has 8 aliphatic heterocycles. The summed E-state index contributed by atoms with van der Waals surface area (Å²) in [7, 11) is -2.76. The van der Waals surface area contributed by atoms with Gasteiger partial charge in [-0.15, -0.1) is 0 Å². The van der Waals surface area contributed by atoms with E-state index in [1.54, 1.807) is 7.11 Å². The SMILES string of the molecule is C=C1C[C@H](CC[C@@]23C[C@H]4O[C@H]5[C@@H](O2)[C@@H](O[Si](CC)(CC)CC)[C@H](CCCO)O[C@H]5[C@H]4O3)O[C@H]1CC[C@H]1C[C@@H](C)C(=C)[C@@H](C[C@@H]2O[C@H](CC(CO[Si](CC)(CC)CC)O[Si](CC)(CC)CC)[C@H](OC)[C@H]2CC(=O)OC)O1. The van der Waals surface area contributed by atoms with Gasteiger partial charge in [0.2, 0.25) is 0 Å². The maximum absolute atomic E-state index is 13.1. The summed E-state index contributed by atoms with van der Waals surface area (Å²) in [4.78, 5) is 13.1. The van der Waals surface area contributed by atoms with E-state index in [2.05, 4.69) is 82.4 Å². The van der Waals surface area contributed by atoms with Gasteiger partial charge in [0.05, 0.1) is 81.2 Å². The van der Waals surface area contributed by atoms with Crippen LogP contribution in [0.2, 0.25) is 54.4 Å². The molecule has 8 aliphatic rings. The Labute approximate surface area is 456 Å². The van der Waals surface area contributed by atoms with E-state index in [4.69, 9.17) is 55.9 Å². The molecule has 0 aromatic heterocycles. The van der Waals surface area contributed by atoms with Crippen molar-refractivity contribution in [1.29, 1.82) is 0 Å². The lowest BCUT2D eigenvalue weighted by Crippen LogP contribution is -2.62. The number of methoxy groups -OCH3 is 2. The van der Waals surface area contributed by atoms with Gasteiger partial charge in [-0.25, -0.2) is 0 Å². The fraction of sp³-hybridized carbons (Fsp3) is 0.914. The van der Waals surface area contributed by atoms with Gasteiger partial charge in [-0.05, 0) is 116 Å². The summed E-state index contributed by atoms with van der Waals surface area (Å²) in [6.45, 7) is 32.5. The molecule has 8 saturated heterocycles. The van der Waals surface area contributed by atoms with Crippen molar-refractivity contribution in [2.45, 2.75) is 298 Å². The predicted octanol–water partition coefficient (Wildman–Crippen LogP) is 11.3. The smallest absolute Gasteiger partial charge is 0.305 e. The van der Waals surface area contributed by atoms with Crippen LogP contribution in [0.3, 0.4) is 0 Å². The van der Waals surface area contributed by atoms with Gasteiger partial charge < -0.3 is 61.0 Å². The number of carbonyl (C=O) groups excluding carboxylic acids is 1. The standard InChI is InChI=1S/C58H104O14Si3/c1-15-73(16-2,17-3)63-37-43(71-74(18-4,19-5)20-6)33-49-52(62-14)44(34-51(60)61-13)48(66-49)35-47-40(12)38(10)31-41(65-47)26-27-45-39(11)32-42(64-45)28-29-58-36-50-53(69-58)55-56(68-50)57(70-58)54(46(67-55)25-24-30-59)72-75(21-7,22-8)23-9/h38,41-50,52-57,59H,11-12,15-37H2,1-10,13-14H3/t38-,41+,42+,43?,44+,45+,46+,47-,48+,49-,50-,52-,53+,54+,55+,56-,57+,58+/m1/s1. The Bertz CT molecular complexity index is 1810. The van der Waals surface area contributed by atoms with E-state index >= 15 is 0 Å². The lowest BCUT2D eigenvalue weighted by atomic mass is 9.82. The first kappa shape index (κ1) is 61.7.